The van der Waals surface area contributed by atoms with Crippen molar-refractivity contribution in [3.8, 4) is 0 Å². The number of aliphatic hydroxyl groups excluding tert-OH is 3. The molecule has 26 heavy (non-hydrogen) atoms. The molecule has 2 heterocycles. The predicted octanol–water partition coefficient (Wildman–Crippen LogP) is -10.3. The zero-order chi connectivity index (χ0) is 12.6. The Morgan fingerprint density at radius 2 is 1.38 bits per heavy atom. The SMILES string of the molecule is O.O.O.O.O.O.O.O.O.O=c1ccn([C@@H]2O[C@H](CO)[C@@H](O)[C@H]2O)c(=O)[nH]1. The average Bonchev–Trinajstić information content (AvgIpc) is 2.57. The van der Waals surface area contributed by atoms with Crippen molar-refractivity contribution in [3.63, 3.8) is 0 Å². The number of aromatic amines is 1. The van der Waals surface area contributed by atoms with E-state index in [4.69, 9.17) is 9.84 Å². The van der Waals surface area contributed by atoms with Gasteiger partial charge in [0.25, 0.3) is 5.56 Å². The lowest BCUT2D eigenvalue weighted by atomic mass is 10.1. The number of rotatable bonds is 2. The van der Waals surface area contributed by atoms with E-state index in [2.05, 4.69) is 0 Å². The van der Waals surface area contributed by atoms with Gasteiger partial charge in [-0.2, -0.15) is 0 Å². The molecule has 0 aliphatic carbocycles. The van der Waals surface area contributed by atoms with Crippen LogP contribution in [0.25, 0.3) is 0 Å². The Hall–Kier alpha value is -1.84. The van der Waals surface area contributed by atoms with Crippen LogP contribution in [0.1, 0.15) is 6.23 Å². The van der Waals surface area contributed by atoms with Crippen molar-refractivity contribution < 1.29 is 69.3 Å². The first-order chi connectivity index (χ1) is 8.04. The van der Waals surface area contributed by atoms with Crippen LogP contribution in [-0.4, -0.2) is 99.1 Å². The highest BCUT2D eigenvalue weighted by molar-refractivity contribution is 4.92. The molecule has 22 N–H and O–H groups in total. The second-order valence-corrected chi connectivity index (χ2v) is 3.75. The molecule has 1 aromatic rings. The van der Waals surface area contributed by atoms with E-state index in [1.165, 1.54) is 0 Å². The molecule has 0 aromatic carbocycles. The number of nitrogens with one attached hydrogen (secondary N) is 1. The summed E-state index contributed by atoms with van der Waals surface area (Å²) in [7, 11) is 0. The first-order valence-corrected chi connectivity index (χ1v) is 4.98. The third-order valence-electron chi connectivity index (χ3n) is 2.64. The molecule has 166 valence electrons. The largest absolute Gasteiger partial charge is 0.412 e. The zero-order valence-electron chi connectivity index (χ0n) is 13.2. The first kappa shape index (κ1) is 49.6. The number of ether oxygens (including phenoxy) is 1. The van der Waals surface area contributed by atoms with Crippen LogP contribution >= 0.6 is 0 Å². The lowest BCUT2D eigenvalue weighted by molar-refractivity contribution is -0.0550. The Bertz CT molecular complexity index is 518. The van der Waals surface area contributed by atoms with E-state index < -0.39 is 42.4 Å². The fraction of sp³-hybridized carbons (Fsp3) is 0.556. The maximum absolute atomic E-state index is 11.4. The highest BCUT2D eigenvalue weighted by Gasteiger charge is 2.43. The molecule has 17 heteroatoms. The molecule has 2 rings (SSSR count). The molecule has 1 aliphatic heterocycles. The van der Waals surface area contributed by atoms with E-state index in [9.17, 15) is 19.8 Å². The molecule has 4 atom stereocenters. The molecule has 1 fully saturated rings. The minimum absolute atomic E-state index is 0. The van der Waals surface area contributed by atoms with Gasteiger partial charge in [-0.15, -0.1) is 0 Å². The quantitative estimate of drug-likeness (QED) is 0.368. The van der Waals surface area contributed by atoms with Gasteiger partial charge in [-0.1, -0.05) is 0 Å². The van der Waals surface area contributed by atoms with Crippen LogP contribution in [0, 0.1) is 0 Å². The Kier molecular flexibility index (Phi) is 37.2. The Balaban J connectivity index is -0.0000000600. The van der Waals surface area contributed by atoms with Crippen molar-refractivity contribution in [2.75, 3.05) is 6.61 Å². The van der Waals surface area contributed by atoms with Crippen LogP contribution in [0.4, 0.5) is 0 Å². The van der Waals surface area contributed by atoms with E-state index in [1.54, 1.807) is 0 Å². The molecule has 0 spiro atoms. The Morgan fingerprint density at radius 3 is 1.73 bits per heavy atom. The van der Waals surface area contributed by atoms with Gasteiger partial charge in [0.15, 0.2) is 6.23 Å². The molecule has 1 aliphatic rings. The van der Waals surface area contributed by atoms with Gasteiger partial charge in [-0.25, -0.2) is 4.79 Å². The lowest BCUT2D eigenvalue weighted by Crippen LogP contribution is -2.37. The molecule has 1 saturated heterocycles. The summed E-state index contributed by atoms with van der Waals surface area (Å²) in [6.07, 6.45) is -3.58. The van der Waals surface area contributed by atoms with E-state index in [-0.39, 0.29) is 49.3 Å². The number of nitrogens with zero attached hydrogens (tertiary/aromatic N) is 1. The van der Waals surface area contributed by atoms with E-state index in [1.807, 2.05) is 4.98 Å². The van der Waals surface area contributed by atoms with E-state index >= 15 is 0 Å². The molecule has 1 aromatic heterocycles. The third kappa shape index (κ3) is 9.02. The van der Waals surface area contributed by atoms with Crippen LogP contribution in [-0.2, 0) is 4.74 Å². The van der Waals surface area contributed by atoms with E-state index in [0.717, 1.165) is 16.8 Å². The zero-order valence-corrected chi connectivity index (χ0v) is 13.2. The van der Waals surface area contributed by atoms with Gasteiger partial charge in [0, 0.05) is 12.3 Å². The van der Waals surface area contributed by atoms with Crippen molar-refractivity contribution >= 4 is 0 Å². The Morgan fingerprint density at radius 1 is 0.923 bits per heavy atom. The van der Waals surface area contributed by atoms with Gasteiger partial charge in [-0.3, -0.25) is 14.3 Å². The molecule has 17 nitrogen and oxygen atoms in total. The fourth-order valence-electron chi connectivity index (χ4n) is 1.74. The average molecular weight is 406 g/mol. The van der Waals surface area contributed by atoms with Crippen molar-refractivity contribution in [3.05, 3.63) is 33.1 Å². The topological polar surface area (TPSA) is 408 Å². The van der Waals surface area contributed by atoms with Gasteiger partial charge >= 0.3 is 5.69 Å². The lowest BCUT2D eigenvalue weighted by Gasteiger charge is -2.16. The minimum Gasteiger partial charge on any atom is -0.412 e. The molecule has 0 unspecified atom stereocenters. The summed E-state index contributed by atoms with van der Waals surface area (Å²) in [5, 5.41) is 28.1. The van der Waals surface area contributed by atoms with Crippen molar-refractivity contribution in [1.82, 2.24) is 9.55 Å². The highest BCUT2D eigenvalue weighted by atomic mass is 16.6. The second-order valence-electron chi connectivity index (χ2n) is 3.75. The predicted molar refractivity (Wildman–Crippen MR) is 86.9 cm³/mol. The van der Waals surface area contributed by atoms with Crippen molar-refractivity contribution in [1.29, 1.82) is 0 Å². The van der Waals surface area contributed by atoms with Crippen LogP contribution in [0.5, 0.6) is 0 Å². The molecule has 0 radical (unpaired) electrons. The summed E-state index contributed by atoms with van der Waals surface area (Å²) in [6, 6.07) is 1.09. The van der Waals surface area contributed by atoms with Crippen LogP contribution in [0.2, 0.25) is 0 Å². The van der Waals surface area contributed by atoms with Crippen LogP contribution in [0.3, 0.4) is 0 Å². The maximum atomic E-state index is 11.4. The smallest absolute Gasteiger partial charge is 0.330 e. The molecule has 0 saturated carbocycles. The summed E-state index contributed by atoms with van der Waals surface area (Å²) >= 11 is 0. The van der Waals surface area contributed by atoms with Gasteiger partial charge in [0.2, 0.25) is 0 Å². The normalized spacial score (nSPS) is 21.5. The summed E-state index contributed by atoms with van der Waals surface area (Å²) in [5.74, 6) is 0. The monoisotopic (exact) mass is 406 g/mol. The number of aromatic nitrogens is 2. The standard InChI is InChI=1S/C9H12N2O6.9H2O/c12-3-4-6(14)7(15)8(17-4)11-2-1-5(13)10-9(11)16;;;;;;;;;/h1-2,4,6-8,12,14-15H,3H2,(H,10,13,16);9*1H2/t4-,6-,7-,8-;;;;;;;;;/m1........./s1. The van der Waals surface area contributed by atoms with Crippen LogP contribution < -0.4 is 11.2 Å². The fourth-order valence-corrected chi connectivity index (χ4v) is 1.74. The Labute approximate surface area is 144 Å². The summed E-state index contributed by atoms with van der Waals surface area (Å²) < 4.78 is 6.08. The molecular formula is C9H30N2O15. The second kappa shape index (κ2) is 19.5. The summed E-state index contributed by atoms with van der Waals surface area (Å²) in [6.45, 7) is -0.479. The molecule has 0 amide bonds. The first-order valence-electron chi connectivity index (χ1n) is 4.98. The number of hydrogen-bond acceptors (Lipinski definition) is 6. The van der Waals surface area contributed by atoms with E-state index in [0.29, 0.717) is 0 Å². The van der Waals surface area contributed by atoms with Gasteiger partial charge in [0.05, 0.1) is 6.61 Å². The van der Waals surface area contributed by atoms with Gasteiger partial charge in [0.1, 0.15) is 18.3 Å². The number of aliphatic hydroxyl groups is 3. The summed E-state index contributed by atoms with van der Waals surface area (Å²) in [4.78, 5) is 24.3. The maximum Gasteiger partial charge on any atom is 0.330 e. The number of H-pyrrole nitrogens is 1. The summed E-state index contributed by atoms with van der Waals surface area (Å²) in [5.41, 5.74) is -1.33. The van der Waals surface area contributed by atoms with Crippen LogP contribution in [0.15, 0.2) is 21.9 Å². The molecule has 0 bridgehead atoms. The minimum atomic E-state index is -1.35. The van der Waals surface area contributed by atoms with Gasteiger partial charge < -0.3 is 69.3 Å². The molecular weight excluding hydrogens is 376 g/mol. The van der Waals surface area contributed by atoms with Crippen molar-refractivity contribution in [2.24, 2.45) is 0 Å². The van der Waals surface area contributed by atoms with Gasteiger partial charge in [-0.05, 0) is 0 Å². The number of hydrogen-bond donors (Lipinski definition) is 4. The van der Waals surface area contributed by atoms with Crippen molar-refractivity contribution in [2.45, 2.75) is 24.5 Å². The third-order valence-corrected chi connectivity index (χ3v) is 2.64. The highest BCUT2D eigenvalue weighted by Crippen LogP contribution is 2.27.